The van der Waals surface area contributed by atoms with Gasteiger partial charge in [-0.05, 0) is 40.2 Å². The number of benzene rings is 1. The molecule has 0 bridgehead atoms. The topological polar surface area (TPSA) is 59.1 Å². The molecule has 0 amide bonds. The van der Waals surface area contributed by atoms with Crippen LogP contribution in [0.1, 0.15) is 11.3 Å². The number of rotatable bonds is 3. The van der Waals surface area contributed by atoms with Crippen molar-refractivity contribution >= 4 is 31.6 Å². The molecule has 1 aromatic heterocycles. The number of nitrogens with zero attached hydrogens (tertiary/aromatic N) is 1. The number of hydrogen-bond acceptors (Lipinski definition) is 3. The van der Waals surface area contributed by atoms with E-state index in [9.17, 15) is 34.8 Å². The van der Waals surface area contributed by atoms with Gasteiger partial charge >= 0.3 is 12.4 Å². The third-order valence-corrected chi connectivity index (χ3v) is 4.89. The standard InChI is InChI=1S/C13H7BrF6N2O2S/c14-11-8(5-6-10(21-11)13(18,19)20)22-25(23,24)9-4-2-1-3-7(9)12(15,16)17/h1-6,22H. The number of halogens is 7. The van der Waals surface area contributed by atoms with Gasteiger partial charge in [0.2, 0.25) is 0 Å². The summed E-state index contributed by atoms with van der Waals surface area (Å²) in [5.74, 6) is 0. The van der Waals surface area contributed by atoms with Crippen molar-refractivity contribution in [1.29, 1.82) is 0 Å². The first-order valence-corrected chi connectivity index (χ1v) is 8.53. The molecule has 25 heavy (non-hydrogen) atoms. The van der Waals surface area contributed by atoms with Crippen LogP contribution in [0.25, 0.3) is 0 Å². The Kier molecular flexibility index (Phi) is 5.06. The lowest BCUT2D eigenvalue weighted by Crippen LogP contribution is -2.19. The number of aromatic nitrogens is 1. The lowest BCUT2D eigenvalue weighted by atomic mass is 10.2. The molecule has 0 atom stereocenters. The number of anilines is 1. The van der Waals surface area contributed by atoms with Crippen molar-refractivity contribution in [1.82, 2.24) is 4.98 Å². The number of sulfonamides is 1. The van der Waals surface area contributed by atoms with E-state index in [-0.39, 0.29) is 0 Å². The van der Waals surface area contributed by atoms with E-state index in [4.69, 9.17) is 0 Å². The molecule has 0 spiro atoms. The zero-order valence-electron chi connectivity index (χ0n) is 11.8. The molecular formula is C13H7BrF6N2O2S. The Morgan fingerprint density at radius 3 is 2.04 bits per heavy atom. The molecule has 0 saturated heterocycles. The van der Waals surface area contributed by atoms with Gasteiger partial charge < -0.3 is 0 Å². The highest BCUT2D eigenvalue weighted by Gasteiger charge is 2.37. The first-order valence-electron chi connectivity index (χ1n) is 6.25. The van der Waals surface area contributed by atoms with E-state index in [0.717, 1.165) is 24.3 Å². The number of alkyl halides is 6. The molecular weight excluding hydrogens is 442 g/mol. The maximum Gasteiger partial charge on any atom is 0.433 e. The second-order valence-corrected chi connectivity index (χ2v) is 7.03. The first kappa shape index (κ1) is 19.5. The summed E-state index contributed by atoms with van der Waals surface area (Å²) < 4.78 is 102. The molecule has 0 fully saturated rings. The van der Waals surface area contributed by atoms with Crippen LogP contribution in [0.5, 0.6) is 0 Å². The van der Waals surface area contributed by atoms with Crippen LogP contribution in [-0.4, -0.2) is 13.4 Å². The second-order valence-electron chi connectivity index (χ2n) is 4.63. The zero-order chi connectivity index (χ0) is 19.0. The molecule has 4 nitrogen and oxygen atoms in total. The Morgan fingerprint density at radius 2 is 1.52 bits per heavy atom. The quantitative estimate of drug-likeness (QED) is 0.547. The van der Waals surface area contributed by atoms with Crippen LogP contribution in [0, 0.1) is 0 Å². The monoisotopic (exact) mass is 448 g/mol. The van der Waals surface area contributed by atoms with Crippen molar-refractivity contribution in [2.75, 3.05) is 4.72 Å². The summed E-state index contributed by atoms with van der Waals surface area (Å²) in [5.41, 5.74) is -3.14. The third kappa shape index (κ3) is 4.42. The zero-order valence-corrected chi connectivity index (χ0v) is 14.2. The Hall–Kier alpha value is -1.82. The first-order chi connectivity index (χ1) is 11.3. The smallest absolute Gasteiger partial charge is 0.277 e. The predicted molar refractivity (Wildman–Crippen MR) is 79.2 cm³/mol. The minimum Gasteiger partial charge on any atom is -0.277 e. The SMILES string of the molecule is O=S(=O)(Nc1ccc(C(F)(F)F)nc1Br)c1ccccc1C(F)(F)F. The van der Waals surface area contributed by atoms with Crippen LogP contribution < -0.4 is 4.72 Å². The minimum absolute atomic E-state index is 0.440. The fourth-order valence-electron chi connectivity index (χ4n) is 1.80. The number of pyridine rings is 1. The van der Waals surface area contributed by atoms with Crippen LogP contribution in [0.15, 0.2) is 45.9 Å². The lowest BCUT2D eigenvalue weighted by molar-refractivity contribution is -0.141. The van der Waals surface area contributed by atoms with E-state index < -0.39 is 48.8 Å². The van der Waals surface area contributed by atoms with Crippen molar-refractivity contribution in [2.24, 2.45) is 0 Å². The Morgan fingerprint density at radius 1 is 0.920 bits per heavy atom. The van der Waals surface area contributed by atoms with E-state index in [1.165, 1.54) is 0 Å². The third-order valence-electron chi connectivity index (χ3n) is 2.87. The van der Waals surface area contributed by atoms with Crippen molar-refractivity contribution in [3.63, 3.8) is 0 Å². The molecule has 2 rings (SSSR count). The molecule has 2 aromatic rings. The van der Waals surface area contributed by atoms with Gasteiger partial charge in [0.25, 0.3) is 10.0 Å². The summed E-state index contributed by atoms with van der Waals surface area (Å²) in [4.78, 5) is 2.08. The maximum absolute atomic E-state index is 12.9. The van der Waals surface area contributed by atoms with Crippen molar-refractivity contribution in [3.05, 3.63) is 52.3 Å². The Balaban J connectivity index is 2.45. The molecule has 136 valence electrons. The molecule has 0 aliphatic rings. The van der Waals surface area contributed by atoms with Gasteiger partial charge in [0.15, 0.2) is 0 Å². The lowest BCUT2D eigenvalue weighted by Gasteiger charge is -2.15. The number of hydrogen-bond donors (Lipinski definition) is 1. The molecule has 0 aliphatic carbocycles. The van der Waals surface area contributed by atoms with E-state index >= 15 is 0 Å². The largest absolute Gasteiger partial charge is 0.433 e. The van der Waals surface area contributed by atoms with E-state index in [1.54, 1.807) is 4.72 Å². The maximum atomic E-state index is 12.9. The van der Waals surface area contributed by atoms with Gasteiger partial charge in [-0.2, -0.15) is 26.3 Å². The summed E-state index contributed by atoms with van der Waals surface area (Å²) in [5, 5.41) is 0. The fourth-order valence-corrected chi connectivity index (χ4v) is 3.65. The van der Waals surface area contributed by atoms with Gasteiger partial charge in [-0.3, -0.25) is 4.72 Å². The van der Waals surface area contributed by atoms with Crippen molar-refractivity contribution in [3.8, 4) is 0 Å². The summed E-state index contributed by atoms with van der Waals surface area (Å²) in [6.07, 6.45) is -9.69. The summed E-state index contributed by atoms with van der Waals surface area (Å²) in [6, 6.07) is 4.65. The highest BCUT2D eigenvalue weighted by molar-refractivity contribution is 9.10. The summed E-state index contributed by atoms with van der Waals surface area (Å²) in [7, 11) is -4.72. The molecule has 0 saturated carbocycles. The molecule has 1 heterocycles. The molecule has 0 unspecified atom stereocenters. The van der Waals surface area contributed by atoms with Gasteiger partial charge in [-0.25, -0.2) is 13.4 Å². The summed E-state index contributed by atoms with van der Waals surface area (Å²) in [6.45, 7) is 0. The second kappa shape index (κ2) is 6.48. The van der Waals surface area contributed by atoms with Gasteiger partial charge in [-0.1, -0.05) is 12.1 Å². The van der Waals surface area contributed by atoms with E-state index in [0.29, 0.717) is 12.1 Å². The minimum atomic E-state index is -4.93. The molecule has 1 N–H and O–H groups in total. The average molecular weight is 449 g/mol. The van der Waals surface area contributed by atoms with Crippen molar-refractivity contribution in [2.45, 2.75) is 17.2 Å². The van der Waals surface area contributed by atoms with Gasteiger partial charge in [0, 0.05) is 0 Å². The average Bonchev–Trinajstić information content (AvgIpc) is 2.47. The summed E-state index contributed by atoms with van der Waals surface area (Å²) >= 11 is 2.66. The van der Waals surface area contributed by atoms with Crippen LogP contribution in [0.3, 0.4) is 0 Å². The van der Waals surface area contributed by atoms with Gasteiger partial charge in [0.1, 0.15) is 10.3 Å². The van der Waals surface area contributed by atoms with Crippen LogP contribution in [0.4, 0.5) is 32.0 Å². The van der Waals surface area contributed by atoms with E-state index in [1.807, 2.05) is 0 Å². The normalized spacial score (nSPS) is 12.9. The van der Waals surface area contributed by atoms with Crippen LogP contribution in [0.2, 0.25) is 0 Å². The fraction of sp³-hybridized carbons (Fsp3) is 0.154. The number of nitrogens with one attached hydrogen (secondary N) is 1. The molecule has 1 aromatic carbocycles. The highest BCUT2D eigenvalue weighted by atomic mass is 79.9. The van der Waals surface area contributed by atoms with E-state index in [2.05, 4.69) is 20.9 Å². The molecule has 0 aliphatic heterocycles. The van der Waals surface area contributed by atoms with Crippen LogP contribution in [-0.2, 0) is 22.4 Å². The predicted octanol–water partition coefficient (Wildman–Crippen LogP) is 4.68. The Bertz CT molecular complexity index is 896. The van der Waals surface area contributed by atoms with Crippen molar-refractivity contribution < 1.29 is 34.8 Å². The van der Waals surface area contributed by atoms with Gasteiger partial charge in [-0.15, -0.1) is 0 Å². The molecule has 12 heteroatoms. The highest BCUT2D eigenvalue weighted by Crippen LogP contribution is 2.36. The van der Waals surface area contributed by atoms with Crippen LogP contribution >= 0.6 is 15.9 Å². The van der Waals surface area contributed by atoms with Gasteiger partial charge in [0.05, 0.1) is 16.1 Å². The Labute approximate surface area is 146 Å². The molecule has 0 radical (unpaired) electrons.